The van der Waals surface area contributed by atoms with Gasteiger partial charge in [0.1, 0.15) is 11.4 Å². The average molecular weight is 293 g/mol. The molecule has 114 valence electrons. The predicted octanol–water partition coefficient (Wildman–Crippen LogP) is 3.51. The largest absolute Gasteiger partial charge is 0.398 e. The van der Waals surface area contributed by atoms with E-state index in [1.165, 1.54) is 18.2 Å². The maximum Gasteiger partial charge on any atom is 0.260 e. The summed E-state index contributed by atoms with van der Waals surface area (Å²) in [7, 11) is 0. The number of hydrogen-bond acceptors (Lipinski definition) is 5. The number of hydrogen-bond donors (Lipinski definition) is 1. The van der Waals surface area contributed by atoms with Crippen molar-refractivity contribution in [1.29, 1.82) is 0 Å². The van der Waals surface area contributed by atoms with Crippen molar-refractivity contribution in [2.45, 2.75) is 39.2 Å². The molecule has 0 amide bonds. The first kappa shape index (κ1) is 15.4. The highest BCUT2D eigenvalue weighted by molar-refractivity contribution is 5.70. The predicted molar refractivity (Wildman–Crippen MR) is 78.0 cm³/mol. The molecule has 21 heavy (non-hydrogen) atoms. The molecule has 2 N–H and O–H groups in total. The average Bonchev–Trinajstić information content (AvgIpc) is 2.97. The highest BCUT2D eigenvalue weighted by Crippen LogP contribution is 2.33. The summed E-state index contributed by atoms with van der Waals surface area (Å²) in [4.78, 5) is 4.37. The molecular weight excluding hydrogens is 273 g/mol. The van der Waals surface area contributed by atoms with Crippen molar-refractivity contribution in [3.05, 3.63) is 29.8 Å². The molecule has 2 aromatic rings. The first-order chi connectivity index (χ1) is 10.1. The van der Waals surface area contributed by atoms with E-state index < -0.39 is 11.4 Å². The molecular formula is C15H20FN3O2. The standard InChI is InChI=1S/C15H20FN3O2/c1-4-15(5-2,20-6-3)14-18-13(21-19-14)11-9-10(16)7-8-12(11)17/h7-9H,4-6,17H2,1-3H3. The Bertz CT molecular complexity index is 609. The molecule has 1 heterocycles. The fraction of sp³-hybridized carbons (Fsp3) is 0.467. The number of benzene rings is 1. The molecule has 0 radical (unpaired) electrons. The van der Waals surface area contributed by atoms with E-state index in [1.54, 1.807) is 0 Å². The zero-order valence-electron chi connectivity index (χ0n) is 12.5. The minimum Gasteiger partial charge on any atom is -0.398 e. The molecule has 5 nitrogen and oxygen atoms in total. The van der Waals surface area contributed by atoms with Crippen LogP contribution in [0.25, 0.3) is 11.5 Å². The lowest BCUT2D eigenvalue weighted by Crippen LogP contribution is -2.29. The van der Waals surface area contributed by atoms with Crippen LogP contribution in [0.15, 0.2) is 22.7 Å². The van der Waals surface area contributed by atoms with Crippen LogP contribution >= 0.6 is 0 Å². The summed E-state index contributed by atoms with van der Waals surface area (Å²) in [6.07, 6.45) is 1.43. The molecule has 0 atom stereocenters. The van der Waals surface area contributed by atoms with Gasteiger partial charge in [0.2, 0.25) is 5.82 Å². The molecule has 0 bridgehead atoms. The van der Waals surface area contributed by atoms with Gasteiger partial charge < -0.3 is 15.0 Å². The fourth-order valence-electron chi connectivity index (χ4n) is 2.34. The van der Waals surface area contributed by atoms with Crippen molar-refractivity contribution >= 4 is 5.69 Å². The number of nitrogen functional groups attached to an aromatic ring is 1. The molecule has 2 rings (SSSR count). The molecule has 0 saturated heterocycles. The Hall–Kier alpha value is -1.95. The van der Waals surface area contributed by atoms with Crippen molar-refractivity contribution in [2.75, 3.05) is 12.3 Å². The molecule has 0 aliphatic rings. The minimum atomic E-state index is -0.585. The van der Waals surface area contributed by atoms with Crippen molar-refractivity contribution in [1.82, 2.24) is 10.1 Å². The van der Waals surface area contributed by atoms with Gasteiger partial charge in [0.15, 0.2) is 0 Å². The third-order valence-corrected chi connectivity index (χ3v) is 3.64. The number of halogens is 1. The van der Waals surface area contributed by atoms with Crippen LogP contribution in [0.3, 0.4) is 0 Å². The van der Waals surface area contributed by atoms with E-state index in [1.807, 2.05) is 20.8 Å². The summed E-state index contributed by atoms with van der Waals surface area (Å²) < 4.78 is 24.4. The van der Waals surface area contributed by atoms with Crippen LogP contribution in [0.2, 0.25) is 0 Å². The van der Waals surface area contributed by atoms with Gasteiger partial charge in [0, 0.05) is 12.3 Å². The molecule has 6 heteroatoms. The van der Waals surface area contributed by atoms with Crippen LogP contribution in [0.4, 0.5) is 10.1 Å². The van der Waals surface area contributed by atoms with Crippen LogP contribution < -0.4 is 5.73 Å². The second-order valence-corrected chi connectivity index (χ2v) is 4.79. The monoisotopic (exact) mass is 293 g/mol. The summed E-state index contributed by atoms with van der Waals surface area (Å²) in [6, 6.07) is 4.05. The highest BCUT2D eigenvalue weighted by Gasteiger charge is 2.34. The molecule has 0 saturated carbocycles. The molecule has 0 aliphatic heterocycles. The second-order valence-electron chi connectivity index (χ2n) is 4.79. The van der Waals surface area contributed by atoms with Gasteiger partial charge in [-0.25, -0.2) is 4.39 Å². The van der Waals surface area contributed by atoms with Crippen LogP contribution in [-0.2, 0) is 10.3 Å². The third-order valence-electron chi connectivity index (χ3n) is 3.64. The quantitative estimate of drug-likeness (QED) is 0.825. The van der Waals surface area contributed by atoms with Gasteiger partial charge in [-0.2, -0.15) is 4.98 Å². The summed E-state index contributed by atoms with van der Waals surface area (Å²) in [6.45, 7) is 6.48. The summed E-state index contributed by atoms with van der Waals surface area (Å²) in [5.74, 6) is 0.266. The van der Waals surface area contributed by atoms with Gasteiger partial charge >= 0.3 is 0 Å². The molecule has 1 aromatic carbocycles. The van der Waals surface area contributed by atoms with Crippen molar-refractivity contribution < 1.29 is 13.7 Å². The van der Waals surface area contributed by atoms with Gasteiger partial charge in [-0.1, -0.05) is 19.0 Å². The SMILES string of the molecule is CCOC(CC)(CC)c1noc(-c2cc(F)ccc2N)n1. The number of nitrogens with zero attached hydrogens (tertiary/aromatic N) is 2. The maximum atomic E-state index is 13.4. The molecule has 0 fully saturated rings. The van der Waals surface area contributed by atoms with Gasteiger partial charge in [0.05, 0.1) is 5.56 Å². The lowest BCUT2D eigenvalue weighted by atomic mass is 9.96. The Morgan fingerprint density at radius 1 is 1.29 bits per heavy atom. The Balaban J connectivity index is 2.43. The van der Waals surface area contributed by atoms with Crippen molar-refractivity contribution in [3.8, 4) is 11.5 Å². The zero-order valence-corrected chi connectivity index (χ0v) is 12.5. The molecule has 1 aromatic heterocycles. The number of anilines is 1. The molecule has 0 aliphatic carbocycles. The summed E-state index contributed by atoms with van der Waals surface area (Å²) >= 11 is 0. The molecule has 0 unspecified atom stereocenters. The summed E-state index contributed by atoms with van der Waals surface area (Å²) in [5.41, 5.74) is 6.04. The van der Waals surface area contributed by atoms with E-state index in [0.29, 0.717) is 23.7 Å². The highest BCUT2D eigenvalue weighted by atomic mass is 19.1. The summed E-state index contributed by atoms with van der Waals surface area (Å²) in [5, 5.41) is 4.01. The van der Waals surface area contributed by atoms with E-state index in [9.17, 15) is 4.39 Å². The van der Waals surface area contributed by atoms with E-state index in [0.717, 1.165) is 12.8 Å². The number of aromatic nitrogens is 2. The first-order valence-electron chi connectivity index (χ1n) is 7.09. The fourth-order valence-corrected chi connectivity index (χ4v) is 2.34. The lowest BCUT2D eigenvalue weighted by molar-refractivity contribution is -0.0583. The maximum absolute atomic E-state index is 13.4. The number of ether oxygens (including phenoxy) is 1. The first-order valence-corrected chi connectivity index (χ1v) is 7.09. The number of rotatable bonds is 6. The molecule has 0 spiro atoms. The lowest BCUT2D eigenvalue weighted by Gasteiger charge is -2.27. The van der Waals surface area contributed by atoms with Gasteiger partial charge in [-0.15, -0.1) is 0 Å². The van der Waals surface area contributed by atoms with Crippen molar-refractivity contribution in [3.63, 3.8) is 0 Å². The third kappa shape index (κ3) is 2.90. The number of nitrogens with two attached hydrogens (primary N) is 1. The Kier molecular flexibility index (Phi) is 4.57. The van der Waals surface area contributed by atoms with Crippen LogP contribution in [0.5, 0.6) is 0 Å². The second kappa shape index (κ2) is 6.22. The smallest absolute Gasteiger partial charge is 0.260 e. The van der Waals surface area contributed by atoms with E-state index in [2.05, 4.69) is 10.1 Å². The van der Waals surface area contributed by atoms with Gasteiger partial charge in [-0.05, 0) is 38.0 Å². The van der Waals surface area contributed by atoms with E-state index in [4.69, 9.17) is 15.0 Å². The van der Waals surface area contributed by atoms with E-state index >= 15 is 0 Å². The van der Waals surface area contributed by atoms with Crippen molar-refractivity contribution in [2.24, 2.45) is 0 Å². The normalized spacial score (nSPS) is 11.8. The van der Waals surface area contributed by atoms with Gasteiger partial charge in [-0.3, -0.25) is 0 Å². The Labute approximate surface area is 123 Å². The van der Waals surface area contributed by atoms with Crippen LogP contribution in [-0.4, -0.2) is 16.7 Å². The zero-order chi connectivity index (χ0) is 15.5. The van der Waals surface area contributed by atoms with E-state index in [-0.39, 0.29) is 5.89 Å². The van der Waals surface area contributed by atoms with Gasteiger partial charge in [0.25, 0.3) is 5.89 Å². The van der Waals surface area contributed by atoms with Crippen LogP contribution in [0.1, 0.15) is 39.4 Å². The van der Waals surface area contributed by atoms with Crippen LogP contribution in [0, 0.1) is 5.82 Å². The Morgan fingerprint density at radius 2 is 2.00 bits per heavy atom. The topological polar surface area (TPSA) is 74.2 Å². The minimum absolute atomic E-state index is 0.202. The Morgan fingerprint density at radius 3 is 2.62 bits per heavy atom.